The van der Waals surface area contributed by atoms with E-state index in [0.717, 1.165) is 42.4 Å². The van der Waals surface area contributed by atoms with Crippen molar-refractivity contribution in [3.8, 4) is 11.4 Å². The van der Waals surface area contributed by atoms with Crippen LogP contribution in [0.1, 0.15) is 38.2 Å². The fraction of sp³-hybridized carbons (Fsp3) is 0.526. The van der Waals surface area contributed by atoms with Crippen LogP contribution in [-0.2, 0) is 11.8 Å². The van der Waals surface area contributed by atoms with Gasteiger partial charge in [-0.05, 0) is 38.2 Å². The summed E-state index contributed by atoms with van der Waals surface area (Å²) in [5.74, 6) is 1.49. The van der Waals surface area contributed by atoms with Crippen LogP contribution in [0.5, 0.6) is 0 Å². The molecule has 0 spiro atoms. The maximum atomic E-state index is 12.6. The number of aromatic nitrogens is 3. The molecule has 0 unspecified atom stereocenters. The van der Waals surface area contributed by atoms with Crippen LogP contribution in [0.15, 0.2) is 29.4 Å². The second-order valence-corrected chi connectivity index (χ2v) is 7.56. The summed E-state index contributed by atoms with van der Waals surface area (Å²) in [6.07, 6.45) is 4.53. The Kier molecular flexibility index (Phi) is 5.78. The smallest absolute Gasteiger partial charge is 0.233 e. The summed E-state index contributed by atoms with van der Waals surface area (Å²) in [5.41, 5.74) is 2.25. The van der Waals surface area contributed by atoms with E-state index in [1.54, 1.807) is 0 Å². The van der Waals surface area contributed by atoms with Gasteiger partial charge in [0.1, 0.15) is 0 Å². The third-order valence-corrected chi connectivity index (χ3v) is 5.97. The minimum Gasteiger partial charge on any atom is -0.339 e. The van der Waals surface area contributed by atoms with E-state index in [4.69, 9.17) is 0 Å². The fourth-order valence-electron chi connectivity index (χ4n) is 3.46. The Bertz CT molecular complexity index is 743. The first-order chi connectivity index (χ1) is 12.1. The molecule has 2 aromatic rings. The number of hydrogen-bond donors (Lipinski definition) is 0. The van der Waals surface area contributed by atoms with Gasteiger partial charge in [0, 0.05) is 25.2 Å². The molecule has 1 aliphatic rings. The Labute approximate surface area is 153 Å². The number of aryl methyl sites for hydroxylation is 1. The van der Waals surface area contributed by atoms with Gasteiger partial charge < -0.3 is 9.47 Å². The van der Waals surface area contributed by atoms with Crippen molar-refractivity contribution in [3.63, 3.8) is 0 Å². The Balaban J connectivity index is 1.68. The number of thioether (sulfide) groups is 1. The van der Waals surface area contributed by atoms with Crippen molar-refractivity contribution in [1.82, 2.24) is 19.7 Å². The number of hydrogen-bond acceptors (Lipinski definition) is 4. The first kappa shape index (κ1) is 18.0. The van der Waals surface area contributed by atoms with Crippen molar-refractivity contribution >= 4 is 17.7 Å². The molecule has 0 radical (unpaired) electrons. The number of piperidine rings is 1. The Morgan fingerprint density at radius 3 is 2.84 bits per heavy atom. The van der Waals surface area contributed by atoms with Crippen LogP contribution < -0.4 is 0 Å². The van der Waals surface area contributed by atoms with Crippen LogP contribution in [-0.4, -0.2) is 43.9 Å². The molecule has 0 N–H and O–H groups in total. The second kappa shape index (κ2) is 8.04. The fourth-order valence-corrected chi connectivity index (χ4v) is 4.26. The number of amides is 1. The molecular weight excluding hydrogens is 332 g/mol. The number of nitrogens with zero attached hydrogens (tertiary/aromatic N) is 4. The highest BCUT2D eigenvalue weighted by molar-refractivity contribution is 7.99. The highest BCUT2D eigenvalue weighted by Crippen LogP contribution is 2.26. The number of carbonyl (C=O) groups excluding carboxylic acids is 1. The average Bonchev–Trinajstić information content (AvgIpc) is 3.00. The maximum absolute atomic E-state index is 12.6. The van der Waals surface area contributed by atoms with Gasteiger partial charge in [-0.1, -0.05) is 43.0 Å². The van der Waals surface area contributed by atoms with Gasteiger partial charge >= 0.3 is 0 Å². The second-order valence-electron chi connectivity index (χ2n) is 6.61. The number of likely N-dealkylation sites (tertiary alicyclic amines) is 1. The van der Waals surface area contributed by atoms with Crippen molar-refractivity contribution in [2.45, 2.75) is 50.7 Å². The van der Waals surface area contributed by atoms with Crippen LogP contribution in [0, 0.1) is 6.92 Å². The summed E-state index contributed by atoms with van der Waals surface area (Å²) in [4.78, 5) is 14.7. The van der Waals surface area contributed by atoms with E-state index in [0.29, 0.717) is 11.8 Å². The van der Waals surface area contributed by atoms with Crippen LogP contribution in [0.3, 0.4) is 0 Å². The topological polar surface area (TPSA) is 51.0 Å². The highest BCUT2D eigenvalue weighted by Gasteiger charge is 2.25. The van der Waals surface area contributed by atoms with Crippen LogP contribution in [0.2, 0.25) is 0 Å². The van der Waals surface area contributed by atoms with Crippen LogP contribution in [0.4, 0.5) is 0 Å². The Hall–Kier alpha value is -1.82. The van der Waals surface area contributed by atoms with Crippen molar-refractivity contribution in [2.24, 2.45) is 7.05 Å². The van der Waals surface area contributed by atoms with E-state index >= 15 is 0 Å². The molecular formula is C19H26N4OS. The van der Waals surface area contributed by atoms with Crippen molar-refractivity contribution < 1.29 is 4.79 Å². The maximum Gasteiger partial charge on any atom is 0.233 e. The van der Waals surface area contributed by atoms with Crippen molar-refractivity contribution in [2.75, 3.05) is 12.3 Å². The van der Waals surface area contributed by atoms with E-state index in [1.807, 2.05) is 23.7 Å². The Morgan fingerprint density at radius 1 is 1.28 bits per heavy atom. The predicted octanol–water partition coefficient (Wildman–Crippen LogP) is 3.67. The molecule has 1 saturated heterocycles. The standard InChI is InChI=1S/C19H26N4OS/c1-4-15-10-7-8-12-23(15)17(24)13-25-19-21-20-18(22(19)3)16-11-6-5-9-14(16)2/h5-6,9,11,15H,4,7-8,10,12-13H2,1-3H3/t15-/m1/s1. The zero-order chi connectivity index (χ0) is 17.8. The summed E-state index contributed by atoms with van der Waals surface area (Å²) in [6.45, 7) is 5.13. The van der Waals surface area contributed by atoms with Gasteiger partial charge in [0.2, 0.25) is 5.91 Å². The Morgan fingerprint density at radius 2 is 2.08 bits per heavy atom. The van der Waals surface area contributed by atoms with Gasteiger partial charge in [-0.2, -0.15) is 0 Å². The summed E-state index contributed by atoms with van der Waals surface area (Å²) < 4.78 is 1.98. The minimum atomic E-state index is 0.219. The van der Waals surface area contributed by atoms with E-state index in [9.17, 15) is 4.79 Å². The summed E-state index contributed by atoms with van der Waals surface area (Å²) >= 11 is 1.48. The summed E-state index contributed by atoms with van der Waals surface area (Å²) in [6, 6.07) is 8.56. The lowest BCUT2D eigenvalue weighted by atomic mass is 10.0. The lowest BCUT2D eigenvalue weighted by molar-refractivity contribution is -0.132. The highest BCUT2D eigenvalue weighted by atomic mass is 32.2. The number of rotatable bonds is 5. The lowest BCUT2D eigenvalue weighted by Gasteiger charge is -2.35. The number of carbonyl (C=O) groups is 1. The zero-order valence-electron chi connectivity index (χ0n) is 15.2. The molecule has 3 rings (SSSR count). The number of benzene rings is 1. The van der Waals surface area contributed by atoms with E-state index in [-0.39, 0.29) is 5.91 Å². The molecule has 0 saturated carbocycles. The van der Waals surface area contributed by atoms with Gasteiger partial charge in [0.05, 0.1) is 5.75 Å². The molecule has 1 aromatic heterocycles. The first-order valence-electron chi connectivity index (χ1n) is 8.99. The van der Waals surface area contributed by atoms with Crippen molar-refractivity contribution in [1.29, 1.82) is 0 Å². The van der Waals surface area contributed by atoms with Gasteiger partial charge in [-0.25, -0.2) is 0 Å². The molecule has 1 amide bonds. The molecule has 2 heterocycles. The lowest BCUT2D eigenvalue weighted by Crippen LogP contribution is -2.44. The largest absolute Gasteiger partial charge is 0.339 e. The molecule has 1 aromatic carbocycles. The molecule has 6 heteroatoms. The van der Waals surface area contributed by atoms with Gasteiger partial charge in [0.15, 0.2) is 11.0 Å². The minimum absolute atomic E-state index is 0.219. The normalized spacial score (nSPS) is 17.7. The van der Waals surface area contributed by atoms with Gasteiger partial charge in [0.25, 0.3) is 0 Å². The van der Waals surface area contributed by atoms with Crippen LogP contribution in [0.25, 0.3) is 11.4 Å². The third kappa shape index (κ3) is 3.89. The molecule has 25 heavy (non-hydrogen) atoms. The predicted molar refractivity (Wildman–Crippen MR) is 102 cm³/mol. The van der Waals surface area contributed by atoms with E-state index < -0.39 is 0 Å². The monoisotopic (exact) mass is 358 g/mol. The molecule has 1 fully saturated rings. The summed E-state index contributed by atoms with van der Waals surface area (Å²) in [5, 5.41) is 9.42. The van der Waals surface area contributed by atoms with Gasteiger partial charge in [-0.15, -0.1) is 10.2 Å². The molecule has 1 atom stereocenters. The average molecular weight is 359 g/mol. The van der Waals surface area contributed by atoms with E-state index in [1.165, 1.54) is 23.7 Å². The molecule has 134 valence electrons. The van der Waals surface area contributed by atoms with Crippen LogP contribution >= 0.6 is 11.8 Å². The molecule has 1 aliphatic heterocycles. The molecule has 0 bridgehead atoms. The summed E-state index contributed by atoms with van der Waals surface area (Å²) in [7, 11) is 1.96. The first-order valence-corrected chi connectivity index (χ1v) is 9.98. The molecule has 0 aliphatic carbocycles. The van der Waals surface area contributed by atoms with Gasteiger partial charge in [-0.3, -0.25) is 4.79 Å². The molecule has 5 nitrogen and oxygen atoms in total. The zero-order valence-corrected chi connectivity index (χ0v) is 16.1. The quantitative estimate of drug-likeness (QED) is 0.765. The third-order valence-electron chi connectivity index (χ3n) is 4.96. The van der Waals surface area contributed by atoms with Crippen molar-refractivity contribution in [3.05, 3.63) is 29.8 Å². The SMILES string of the molecule is CC[C@@H]1CCCCN1C(=O)CSc1nnc(-c2ccccc2C)n1C. The van der Waals surface area contributed by atoms with E-state index in [2.05, 4.69) is 41.1 Å².